The summed E-state index contributed by atoms with van der Waals surface area (Å²) < 4.78 is 4.88. The van der Waals surface area contributed by atoms with Crippen molar-refractivity contribution in [2.45, 2.75) is 18.9 Å². The predicted octanol–water partition coefficient (Wildman–Crippen LogP) is -0.548. The van der Waals surface area contributed by atoms with Gasteiger partial charge in [0.1, 0.15) is 0 Å². The highest BCUT2D eigenvalue weighted by atomic mass is 16.5. The van der Waals surface area contributed by atoms with E-state index in [0.717, 1.165) is 0 Å². The second kappa shape index (κ2) is 6.76. The van der Waals surface area contributed by atoms with Crippen LogP contribution in [0.3, 0.4) is 0 Å². The number of methoxy groups -OCH3 is 1. The molecule has 0 aromatic rings. The Bertz CT molecular complexity index is 193. The van der Waals surface area contributed by atoms with Gasteiger partial charge in [0.2, 0.25) is 5.91 Å². The summed E-state index contributed by atoms with van der Waals surface area (Å²) in [6, 6.07) is 0. The number of ether oxygens (including phenoxy) is 1. The molecular formula is C10H22N2O3. The van der Waals surface area contributed by atoms with Gasteiger partial charge in [-0.25, -0.2) is 0 Å². The Morgan fingerprint density at radius 2 is 2.13 bits per heavy atom. The fraction of sp³-hybridized carbons (Fsp3) is 0.900. The van der Waals surface area contributed by atoms with Gasteiger partial charge in [0.05, 0.1) is 12.1 Å². The molecule has 0 aliphatic rings. The first-order valence-corrected chi connectivity index (χ1v) is 5.01. The van der Waals surface area contributed by atoms with E-state index in [0.29, 0.717) is 19.6 Å². The maximum absolute atomic E-state index is 11.2. The van der Waals surface area contributed by atoms with Crippen molar-refractivity contribution >= 4 is 5.91 Å². The molecular weight excluding hydrogens is 196 g/mol. The van der Waals surface area contributed by atoms with Crippen LogP contribution in [0.15, 0.2) is 0 Å². The van der Waals surface area contributed by atoms with Crippen molar-refractivity contribution in [1.82, 2.24) is 10.2 Å². The number of amides is 1. The average molecular weight is 218 g/mol. The van der Waals surface area contributed by atoms with Crippen molar-refractivity contribution < 1.29 is 14.6 Å². The third kappa shape index (κ3) is 7.30. The normalized spacial score (nSPS) is 14.7. The van der Waals surface area contributed by atoms with Crippen LogP contribution in [-0.2, 0) is 9.53 Å². The van der Waals surface area contributed by atoms with E-state index in [1.165, 1.54) is 4.90 Å². The van der Waals surface area contributed by atoms with Gasteiger partial charge < -0.3 is 20.1 Å². The SMILES string of the molecule is COCCC(C)(O)CNCC(=O)N(C)C. The fourth-order valence-corrected chi connectivity index (χ4v) is 1.01. The van der Waals surface area contributed by atoms with Gasteiger partial charge in [0.25, 0.3) is 0 Å². The third-order valence-electron chi connectivity index (χ3n) is 2.13. The van der Waals surface area contributed by atoms with Crippen LogP contribution in [0, 0.1) is 0 Å². The lowest BCUT2D eigenvalue weighted by Crippen LogP contribution is -2.42. The summed E-state index contributed by atoms with van der Waals surface area (Å²) in [7, 11) is 5.00. The summed E-state index contributed by atoms with van der Waals surface area (Å²) >= 11 is 0. The Morgan fingerprint density at radius 1 is 1.53 bits per heavy atom. The first-order chi connectivity index (χ1) is 6.89. The van der Waals surface area contributed by atoms with Crippen LogP contribution >= 0.6 is 0 Å². The first kappa shape index (κ1) is 14.3. The van der Waals surface area contributed by atoms with Crippen molar-refractivity contribution in [3.63, 3.8) is 0 Å². The van der Waals surface area contributed by atoms with E-state index in [9.17, 15) is 9.90 Å². The molecule has 1 unspecified atom stereocenters. The molecule has 0 bridgehead atoms. The number of carbonyl (C=O) groups is 1. The van der Waals surface area contributed by atoms with Gasteiger partial charge in [0, 0.05) is 40.8 Å². The molecule has 1 amide bonds. The van der Waals surface area contributed by atoms with E-state index >= 15 is 0 Å². The highest BCUT2D eigenvalue weighted by molar-refractivity contribution is 5.77. The molecule has 0 radical (unpaired) electrons. The van der Waals surface area contributed by atoms with E-state index < -0.39 is 5.60 Å². The number of carbonyl (C=O) groups excluding carboxylic acids is 1. The molecule has 0 saturated carbocycles. The molecule has 0 heterocycles. The van der Waals surface area contributed by atoms with Crippen LogP contribution in [0.2, 0.25) is 0 Å². The summed E-state index contributed by atoms with van der Waals surface area (Å²) in [5, 5.41) is 12.7. The summed E-state index contributed by atoms with van der Waals surface area (Å²) in [6.45, 7) is 2.86. The maximum Gasteiger partial charge on any atom is 0.236 e. The number of nitrogens with zero attached hydrogens (tertiary/aromatic N) is 1. The lowest BCUT2D eigenvalue weighted by Gasteiger charge is -2.23. The molecule has 0 aliphatic carbocycles. The Kier molecular flexibility index (Phi) is 6.47. The van der Waals surface area contributed by atoms with Crippen molar-refractivity contribution in [1.29, 1.82) is 0 Å². The Hall–Kier alpha value is -0.650. The van der Waals surface area contributed by atoms with Gasteiger partial charge in [-0.2, -0.15) is 0 Å². The van der Waals surface area contributed by atoms with Crippen molar-refractivity contribution in [3.05, 3.63) is 0 Å². The lowest BCUT2D eigenvalue weighted by molar-refractivity contribution is -0.127. The van der Waals surface area contributed by atoms with Gasteiger partial charge in [-0.3, -0.25) is 4.79 Å². The van der Waals surface area contributed by atoms with Crippen molar-refractivity contribution in [2.24, 2.45) is 0 Å². The second-order valence-electron chi connectivity index (χ2n) is 4.13. The average Bonchev–Trinajstić information content (AvgIpc) is 2.14. The van der Waals surface area contributed by atoms with Crippen LogP contribution < -0.4 is 5.32 Å². The van der Waals surface area contributed by atoms with Gasteiger partial charge in [-0.15, -0.1) is 0 Å². The molecule has 90 valence electrons. The van der Waals surface area contributed by atoms with E-state index in [4.69, 9.17) is 4.74 Å². The smallest absolute Gasteiger partial charge is 0.236 e. The molecule has 15 heavy (non-hydrogen) atoms. The summed E-state index contributed by atoms with van der Waals surface area (Å²) in [5.74, 6) is -0.00228. The number of likely N-dealkylation sites (N-methyl/N-ethyl adjacent to an activating group) is 1. The topological polar surface area (TPSA) is 61.8 Å². The zero-order chi connectivity index (χ0) is 11.9. The Labute approximate surface area is 91.4 Å². The molecule has 0 aliphatic heterocycles. The largest absolute Gasteiger partial charge is 0.389 e. The van der Waals surface area contributed by atoms with Crippen LogP contribution in [0.5, 0.6) is 0 Å². The van der Waals surface area contributed by atoms with Gasteiger partial charge >= 0.3 is 0 Å². The molecule has 2 N–H and O–H groups in total. The van der Waals surface area contributed by atoms with Crippen molar-refractivity contribution in [2.75, 3.05) is 40.9 Å². The number of aliphatic hydroxyl groups is 1. The highest BCUT2D eigenvalue weighted by Gasteiger charge is 2.19. The number of nitrogens with one attached hydrogen (secondary N) is 1. The van der Waals surface area contributed by atoms with Crippen LogP contribution in [-0.4, -0.2) is 62.4 Å². The molecule has 0 saturated heterocycles. The van der Waals surface area contributed by atoms with Crippen LogP contribution in [0.25, 0.3) is 0 Å². The molecule has 0 aromatic heterocycles. The van der Waals surface area contributed by atoms with E-state index in [-0.39, 0.29) is 12.5 Å². The Morgan fingerprint density at radius 3 is 2.60 bits per heavy atom. The van der Waals surface area contributed by atoms with Crippen molar-refractivity contribution in [3.8, 4) is 0 Å². The zero-order valence-corrected chi connectivity index (χ0v) is 10.0. The molecule has 5 nitrogen and oxygen atoms in total. The van der Waals surface area contributed by atoms with Crippen LogP contribution in [0.1, 0.15) is 13.3 Å². The number of hydrogen-bond acceptors (Lipinski definition) is 4. The molecule has 0 aromatic carbocycles. The Balaban J connectivity index is 3.69. The monoisotopic (exact) mass is 218 g/mol. The van der Waals surface area contributed by atoms with Gasteiger partial charge in [-0.05, 0) is 6.92 Å². The molecule has 1 atom stereocenters. The highest BCUT2D eigenvalue weighted by Crippen LogP contribution is 2.06. The summed E-state index contributed by atoms with van der Waals surface area (Å²) in [6.07, 6.45) is 0.548. The third-order valence-corrected chi connectivity index (χ3v) is 2.13. The van der Waals surface area contributed by atoms with E-state index in [2.05, 4.69) is 5.32 Å². The number of rotatable bonds is 7. The summed E-state index contributed by atoms with van der Waals surface area (Å²) in [4.78, 5) is 12.7. The molecule has 5 heteroatoms. The molecule has 0 rings (SSSR count). The number of hydrogen-bond donors (Lipinski definition) is 2. The molecule has 0 spiro atoms. The predicted molar refractivity (Wildman–Crippen MR) is 58.7 cm³/mol. The minimum atomic E-state index is -0.831. The maximum atomic E-state index is 11.2. The fourth-order valence-electron chi connectivity index (χ4n) is 1.01. The van der Waals surface area contributed by atoms with E-state index in [1.807, 2.05) is 0 Å². The van der Waals surface area contributed by atoms with E-state index in [1.54, 1.807) is 28.1 Å². The second-order valence-corrected chi connectivity index (χ2v) is 4.13. The summed E-state index contributed by atoms with van der Waals surface area (Å²) in [5.41, 5.74) is -0.831. The quantitative estimate of drug-likeness (QED) is 0.602. The minimum Gasteiger partial charge on any atom is -0.389 e. The first-order valence-electron chi connectivity index (χ1n) is 5.01. The van der Waals surface area contributed by atoms with Crippen LogP contribution in [0.4, 0.5) is 0 Å². The van der Waals surface area contributed by atoms with Gasteiger partial charge in [-0.1, -0.05) is 0 Å². The minimum absolute atomic E-state index is 0.00228. The zero-order valence-electron chi connectivity index (χ0n) is 10.0. The standard InChI is InChI=1S/C10H22N2O3/c1-10(14,5-6-15-4)8-11-7-9(13)12(2)3/h11,14H,5-8H2,1-4H3. The molecule has 0 fully saturated rings. The lowest BCUT2D eigenvalue weighted by atomic mass is 10.0. The van der Waals surface area contributed by atoms with Gasteiger partial charge in [0.15, 0.2) is 0 Å².